The van der Waals surface area contributed by atoms with Gasteiger partial charge in [0.1, 0.15) is 0 Å². The molecule has 2 aromatic heterocycles. The summed E-state index contributed by atoms with van der Waals surface area (Å²) in [7, 11) is 0. The maximum absolute atomic E-state index is 12.9. The summed E-state index contributed by atoms with van der Waals surface area (Å²) < 4.78 is 7.15. The van der Waals surface area contributed by atoms with Crippen molar-refractivity contribution >= 4 is 23.0 Å². The van der Waals surface area contributed by atoms with E-state index in [9.17, 15) is 9.59 Å². The van der Waals surface area contributed by atoms with E-state index < -0.39 is 6.09 Å². The van der Waals surface area contributed by atoms with Crippen LogP contribution in [0.2, 0.25) is 0 Å². The van der Waals surface area contributed by atoms with E-state index in [4.69, 9.17) is 14.7 Å². The van der Waals surface area contributed by atoms with E-state index in [1.165, 1.54) is 0 Å². The van der Waals surface area contributed by atoms with E-state index in [1.807, 2.05) is 71.4 Å². The van der Waals surface area contributed by atoms with Gasteiger partial charge in [0.05, 0.1) is 35.4 Å². The minimum absolute atomic E-state index is 0.145. The molecule has 0 aliphatic rings. The number of hydrogen-bond donors (Lipinski definition) is 2. The van der Waals surface area contributed by atoms with Crippen molar-refractivity contribution < 1.29 is 14.3 Å². The van der Waals surface area contributed by atoms with Crippen molar-refractivity contribution in [3.63, 3.8) is 0 Å². The average Bonchev–Trinajstić information content (AvgIpc) is 3.56. The van der Waals surface area contributed by atoms with Crippen molar-refractivity contribution in [2.75, 3.05) is 13.2 Å². The zero-order valence-corrected chi connectivity index (χ0v) is 23.6. The van der Waals surface area contributed by atoms with Crippen LogP contribution in [-0.4, -0.2) is 44.7 Å². The summed E-state index contributed by atoms with van der Waals surface area (Å²) in [6.07, 6.45) is 7.62. The fourth-order valence-electron chi connectivity index (χ4n) is 4.49. The quantitative estimate of drug-likeness (QED) is 0.180. The predicted molar refractivity (Wildman–Crippen MR) is 163 cm³/mol. The van der Waals surface area contributed by atoms with Crippen molar-refractivity contribution in [2.45, 2.75) is 39.3 Å². The lowest BCUT2D eigenvalue weighted by Crippen LogP contribution is -2.25. The Morgan fingerprint density at radius 2 is 1.62 bits per heavy atom. The molecule has 2 amide bonds. The first-order valence-electron chi connectivity index (χ1n) is 14.2. The van der Waals surface area contributed by atoms with Gasteiger partial charge in [-0.05, 0) is 36.6 Å². The molecule has 0 unspecified atom stereocenters. The van der Waals surface area contributed by atoms with Crippen LogP contribution in [0.4, 0.5) is 4.79 Å². The molecule has 0 aliphatic heterocycles. The van der Waals surface area contributed by atoms with Gasteiger partial charge in [-0.15, -0.1) is 0 Å². The summed E-state index contributed by atoms with van der Waals surface area (Å²) in [6, 6.07) is 23.2. The van der Waals surface area contributed by atoms with E-state index in [2.05, 4.69) is 22.5 Å². The van der Waals surface area contributed by atoms with Gasteiger partial charge < -0.3 is 19.9 Å². The molecule has 0 fully saturated rings. The Balaban J connectivity index is 1.34. The van der Waals surface area contributed by atoms with Crippen molar-refractivity contribution in [1.82, 2.24) is 30.2 Å². The number of benzene rings is 3. The third kappa shape index (κ3) is 7.37. The Morgan fingerprint density at radius 3 is 2.36 bits per heavy atom. The fourth-order valence-corrected chi connectivity index (χ4v) is 4.49. The van der Waals surface area contributed by atoms with Gasteiger partial charge in [0.2, 0.25) is 0 Å². The molecule has 2 heterocycles. The highest BCUT2D eigenvalue weighted by molar-refractivity contribution is 5.98. The number of nitrogens with one attached hydrogen (secondary N) is 2. The SMILES string of the molecule is CCCCOC(=O)NCc1ccc(-c2nc3ccc(C(=O)NCCCn4ccnc4)cc3nc2-c2ccccc2)cc1. The van der Waals surface area contributed by atoms with Crippen LogP contribution in [0, 0.1) is 0 Å². The number of aryl methyl sites for hydroxylation is 1. The molecule has 0 spiro atoms. The van der Waals surface area contributed by atoms with E-state index in [0.717, 1.165) is 53.9 Å². The zero-order chi connectivity index (χ0) is 29.1. The summed E-state index contributed by atoms with van der Waals surface area (Å²) in [4.78, 5) is 38.8. The summed E-state index contributed by atoms with van der Waals surface area (Å²) >= 11 is 0. The van der Waals surface area contributed by atoms with Gasteiger partial charge in [-0.25, -0.2) is 19.7 Å². The number of ether oxygens (including phenoxy) is 1. The summed E-state index contributed by atoms with van der Waals surface area (Å²) in [5.74, 6) is -0.145. The predicted octanol–water partition coefficient (Wildman–Crippen LogP) is 6.01. The Labute approximate surface area is 245 Å². The fraction of sp³-hybridized carbons (Fsp3) is 0.242. The first-order valence-corrected chi connectivity index (χ1v) is 14.2. The molecule has 0 saturated heterocycles. The number of nitrogens with zero attached hydrogens (tertiary/aromatic N) is 4. The highest BCUT2D eigenvalue weighted by Gasteiger charge is 2.15. The van der Waals surface area contributed by atoms with Crippen molar-refractivity contribution in [2.24, 2.45) is 0 Å². The summed E-state index contributed by atoms with van der Waals surface area (Å²) in [5.41, 5.74) is 6.12. The first kappa shape index (κ1) is 28.5. The van der Waals surface area contributed by atoms with Crippen LogP contribution in [0.1, 0.15) is 42.1 Å². The second-order valence-corrected chi connectivity index (χ2v) is 9.94. The summed E-state index contributed by atoms with van der Waals surface area (Å²) in [5, 5.41) is 5.78. The largest absolute Gasteiger partial charge is 0.450 e. The van der Waals surface area contributed by atoms with Gasteiger partial charge in [-0.1, -0.05) is 67.9 Å². The number of rotatable bonds is 12. The van der Waals surface area contributed by atoms with Crippen LogP contribution in [0.3, 0.4) is 0 Å². The molecule has 0 bridgehead atoms. The third-order valence-electron chi connectivity index (χ3n) is 6.81. The van der Waals surface area contributed by atoms with Crippen LogP contribution in [0.15, 0.2) is 91.5 Å². The number of alkyl carbamates (subject to hydrolysis) is 1. The van der Waals surface area contributed by atoms with Crippen LogP contribution < -0.4 is 10.6 Å². The molecule has 5 rings (SSSR count). The van der Waals surface area contributed by atoms with Gasteiger partial charge in [-0.2, -0.15) is 0 Å². The molecule has 0 saturated carbocycles. The number of carbonyl (C=O) groups is 2. The number of aromatic nitrogens is 4. The molecule has 0 atom stereocenters. The van der Waals surface area contributed by atoms with Gasteiger partial charge >= 0.3 is 6.09 Å². The lowest BCUT2D eigenvalue weighted by molar-refractivity contribution is 0.0952. The normalized spacial score (nSPS) is 10.9. The standard InChI is InChI=1S/C33H34N6O3/c1-2-3-20-42-33(41)36-22-24-10-12-26(13-11-24)31-30(25-8-5-4-6-9-25)38-29-21-27(14-15-28(29)37-31)32(40)35-16-7-18-39-19-17-34-23-39/h4-6,8-15,17,19,21,23H,2-3,7,16,18,20,22H2,1H3,(H,35,40)(H,36,41). The number of imidazole rings is 1. The van der Waals surface area contributed by atoms with Crippen molar-refractivity contribution in [1.29, 1.82) is 0 Å². The molecule has 214 valence electrons. The minimum Gasteiger partial charge on any atom is -0.450 e. The van der Waals surface area contributed by atoms with Crippen LogP contribution in [0.25, 0.3) is 33.5 Å². The molecule has 42 heavy (non-hydrogen) atoms. The van der Waals surface area contributed by atoms with E-state index in [0.29, 0.717) is 36.3 Å². The van der Waals surface area contributed by atoms with Gasteiger partial charge in [0, 0.05) is 48.7 Å². The molecule has 5 aromatic rings. The monoisotopic (exact) mass is 562 g/mol. The van der Waals surface area contributed by atoms with Gasteiger partial charge in [0.25, 0.3) is 5.91 Å². The molecule has 2 N–H and O–H groups in total. The number of carbonyl (C=O) groups excluding carboxylic acids is 2. The molecule has 9 nitrogen and oxygen atoms in total. The average molecular weight is 563 g/mol. The van der Waals surface area contributed by atoms with E-state index >= 15 is 0 Å². The Bertz CT molecular complexity index is 1620. The molecule has 0 radical (unpaired) electrons. The van der Waals surface area contributed by atoms with Gasteiger partial charge in [-0.3, -0.25) is 4.79 Å². The van der Waals surface area contributed by atoms with E-state index in [1.54, 1.807) is 24.7 Å². The molecule has 0 aliphatic carbocycles. The van der Waals surface area contributed by atoms with Crippen molar-refractivity contribution in [3.8, 4) is 22.5 Å². The first-order chi connectivity index (χ1) is 20.6. The molecular formula is C33H34N6O3. The third-order valence-corrected chi connectivity index (χ3v) is 6.81. The Morgan fingerprint density at radius 1 is 0.857 bits per heavy atom. The van der Waals surface area contributed by atoms with E-state index in [-0.39, 0.29) is 5.91 Å². The van der Waals surface area contributed by atoms with Crippen LogP contribution >= 0.6 is 0 Å². The number of unbranched alkanes of at least 4 members (excludes halogenated alkanes) is 1. The van der Waals surface area contributed by atoms with Gasteiger partial charge in [0.15, 0.2) is 0 Å². The second-order valence-electron chi connectivity index (χ2n) is 9.94. The maximum Gasteiger partial charge on any atom is 0.407 e. The second kappa shape index (κ2) is 14.0. The summed E-state index contributed by atoms with van der Waals surface area (Å²) in [6.45, 7) is 4.18. The van der Waals surface area contributed by atoms with Crippen molar-refractivity contribution in [3.05, 3.63) is 103 Å². The number of hydrogen-bond acceptors (Lipinski definition) is 6. The number of amides is 2. The van der Waals surface area contributed by atoms with Crippen LogP contribution in [0.5, 0.6) is 0 Å². The maximum atomic E-state index is 12.9. The number of fused-ring (bicyclic) bond motifs is 1. The smallest absolute Gasteiger partial charge is 0.407 e. The Kier molecular flexibility index (Phi) is 9.51. The zero-order valence-electron chi connectivity index (χ0n) is 23.6. The lowest BCUT2D eigenvalue weighted by Gasteiger charge is -2.12. The Hall–Kier alpha value is -5.05. The molecule has 3 aromatic carbocycles. The molecular weight excluding hydrogens is 528 g/mol. The van der Waals surface area contributed by atoms with Crippen LogP contribution in [-0.2, 0) is 17.8 Å². The highest BCUT2D eigenvalue weighted by Crippen LogP contribution is 2.31. The highest BCUT2D eigenvalue weighted by atomic mass is 16.5. The lowest BCUT2D eigenvalue weighted by atomic mass is 10.0. The topological polar surface area (TPSA) is 111 Å². The minimum atomic E-state index is -0.415. The molecule has 9 heteroatoms.